The number of aryl methyl sites for hydroxylation is 1. The van der Waals surface area contributed by atoms with E-state index in [-0.39, 0.29) is 5.91 Å². The minimum Gasteiger partial charge on any atom is -0.480 e. The van der Waals surface area contributed by atoms with E-state index >= 15 is 0 Å². The van der Waals surface area contributed by atoms with Gasteiger partial charge in [0.25, 0.3) is 5.91 Å². The number of aliphatic carboxylic acids is 1. The maximum Gasteiger partial charge on any atom is 0.323 e. The van der Waals surface area contributed by atoms with E-state index in [0.717, 1.165) is 5.01 Å². The fraction of sp³-hybridized carbons (Fsp3) is 0.154. The van der Waals surface area contributed by atoms with Crippen molar-refractivity contribution in [1.29, 1.82) is 0 Å². The Labute approximate surface area is 124 Å². The summed E-state index contributed by atoms with van der Waals surface area (Å²) in [5, 5.41) is 10.2. The van der Waals surface area contributed by atoms with Crippen molar-refractivity contribution in [3.05, 3.63) is 45.4 Å². The number of rotatable bonds is 4. The summed E-state index contributed by atoms with van der Waals surface area (Å²) in [5.41, 5.74) is 0.479. The number of nitrogens with zero attached hydrogens (tertiary/aromatic N) is 2. The molecule has 0 aliphatic heterocycles. The lowest BCUT2D eigenvalue weighted by Gasteiger charge is -2.20. The summed E-state index contributed by atoms with van der Waals surface area (Å²) in [5.74, 6) is -1.48. The molecule has 1 aromatic heterocycles. The van der Waals surface area contributed by atoms with Gasteiger partial charge in [0, 0.05) is 10.7 Å². The predicted octanol–water partition coefficient (Wildman–Crippen LogP) is 2.84. The Balaban J connectivity index is 2.34. The zero-order chi connectivity index (χ0) is 14.7. The molecule has 7 heteroatoms. The molecule has 1 N–H and O–H groups in total. The molecule has 5 nitrogen and oxygen atoms in total. The maximum absolute atomic E-state index is 12.4. The number of hydrogen-bond donors (Lipinski definition) is 1. The van der Waals surface area contributed by atoms with Crippen molar-refractivity contribution in [3.8, 4) is 0 Å². The van der Waals surface area contributed by atoms with Gasteiger partial charge in [0.1, 0.15) is 11.4 Å². The summed E-state index contributed by atoms with van der Waals surface area (Å²) < 4.78 is 0. The molecule has 0 aliphatic rings. The normalized spacial score (nSPS) is 10.3. The second kappa shape index (κ2) is 6.02. The molecule has 2 aromatic rings. The second-order valence-electron chi connectivity index (χ2n) is 4.00. The Hall–Kier alpha value is -1.92. The molecule has 0 atom stereocenters. The predicted molar refractivity (Wildman–Crippen MR) is 77.6 cm³/mol. The van der Waals surface area contributed by atoms with Crippen molar-refractivity contribution < 1.29 is 14.7 Å². The zero-order valence-corrected chi connectivity index (χ0v) is 12.1. The monoisotopic (exact) mass is 310 g/mol. The molecule has 1 heterocycles. The van der Waals surface area contributed by atoms with E-state index in [4.69, 9.17) is 16.7 Å². The second-order valence-corrected chi connectivity index (χ2v) is 5.68. The lowest BCUT2D eigenvalue weighted by Crippen LogP contribution is -2.35. The van der Waals surface area contributed by atoms with Crippen molar-refractivity contribution >= 4 is 40.5 Å². The standard InChI is InChI=1S/C13H11ClN2O3S/c1-8-15-6-11(20-8)13(19)16(7-12(17)18)10-4-2-9(14)3-5-10/h2-6H,7H2,1H3,(H,17,18). The Bertz CT molecular complexity index is 639. The number of anilines is 1. The van der Waals surface area contributed by atoms with Crippen LogP contribution in [0.25, 0.3) is 0 Å². The summed E-state index contributed by atoms with van der Waals surface area (Å²) >= 11 is 7.02. The highest BCUT2D eigenvalue weighted by atomic mass is 35.5. The van der Waals surface area contributed by atoms with Gasteiger partial charge in [0.15, 0.2) is 0 Å². The van der Waals surface area contributed by atoms with Gasteiger partial charge in [-0.05, 0) is 31.2 Å². The van der Waals surface area contributed by atoms with Gasteiger partial charge in [-0.1, -0.05) is 11.6 Å². The molecule has 0 saturated carbocycles. The molecule has 0 unspecified atom stereocenters. The van der Waals surface area contributed by atoms with Crippen molar-refractivity contribution in [3.63, 3.8) is 0 Å². The van der Waals surface area contributed by atoms with Crippen molar-refractivity contribution in [1.82, 2.24) is 4.98 Å². The van der Waals surface area contributed by atoms with E-state index in [1.165, 1.54) is 22.4 Å². The van der Waals surface area contributed by atoms with Crippen molar-refractivity contribution in [2.75, 3.05) is 11.4 Å². The third-order valence-electron chi connectivity index (χ3n) is 2.51. The van der Waals surface area contributed by atoms with Gasteiger partial charge >= 0.3 is 5.97 Å². The quantitative estimate of drug-likeness (QED) is 0.942. The first-order chi connectivity index (χ1) is 9.47. The Morgan fingerprint density at radius 3 is 2.50 bits per heavy atom. The van der Waals surface area contributed by atoms with E-state index in [1.807, 2.05) is 0 Å². The highest BCUT2D eigenvalue weighted by molar-refractivity contribution is 7.13. The van der Waals surface area contributed by atoms with Gasteiger partial charge < -0.3 is 5.11 Å². The Kier molecular flexibility index (Phi) is 4.36. The van der Waals surface area contributed by atoms with Crippen LogP contribution in [0.1, 0.15) is 14.7 Å². The fourth-order valence-corrected chi connectivity index (χ4v) is 2.48. The van der Waals surface area contributed by atoms with E-state index in [2.05, 4.69) is 4.98 Å². The maximum atomic E-state index is 12.4. The number of carboxylic acid groups (broad SMARTS) is 1. The Morgan fingerprint density at radius 2 is 2.00 bits per heavy atom. The summed E-state index contributed by atoms with van der Waals surface area (Å²) in [4.78, 5) is 28.9. The van der Waals surface area contributed by atoms with Crippen LogP contribution in [0.5, 0.6) is 0 Å². The molecule has 0 bridgehead atoms. The van der Waals surface area contributed by atoms with Gasteiger partial charge in [-0.3, -0.25) is 14.5 Å². The fourth-order valence-electron chi connectivity index (χ4n) is 1.63. The smallest absolute Gasteiger partial charge is 0.323 e. The first-order valence-corrected chi connectivity index (χ1v) is 6.88. The molecule has 0 spiro atoms. The number of benzene rings is 1. The van der Waals surface area contributed by atoms with E-state index in [1.54, 1.807) is 31.2 Å². The SMILES string of the molecule is Cc1ncc(C(=O)N(CC(=O)O)c2ccc(Cl)cc2)s1. The number of carbonyl (C=O) groups excluding carboxylic acids is 1. The van der Waals surface area contributed by atoms with Crippen LogP contribution in [0, 0.1) is 6.92 Å². The molecular weight excluding hydrogens is 300 g/mol. The lowest BCUT2D eigenvalue weighted by atomic mass is 10.2. The lowest BCUT2D eigenvalue weighted by molar-refractivity contribution is -0.135. The number of carboxylic acids is 1. The minimum atomic E-state index is -1.09. The summed E-state index contributed by atoms with van der Waals surface area (Å²) in [6, 6.07) is 6.43. The van der Waals surface area contributed by atoms with Crippen molar-refractivity contribution in [2.24, 2.45) is 0 Å². The Morgan fingerprint density at radius 1 is 1.35 bits per heavy atom. The topological polar surface area (TPSA) is 70.5 Å². The van der Waals surface area contributed by atoms with E-state index in [9.17, 15) is 9.59 Å². The summed E-state index contributed by atoms with van der Waals surface area (Å²) in [7, 11) is 0. The first-order valence-electron chi connectivity index (χ1n) is 5.69. The van der Waals surface area contributed by atoms with Crippen LogP contribution in [-0.2, 0) is 4.79 Å². The molecule has 0 aliphatic carbocycles. The van der Waals surface area contributed by atoms with Gasteiger partial charge in [-0.15, -0.1) is 11.3 Å². The largest absolute Gasteiger partial charge is 0.480 e. The summed E-state index contributed by atoms with van der Waals surface area (Å²) in [6.07, 6.45) is 1.45. The molecule has 0 fully saturated rings. The molecule has 0 saturated heterocycles. The van der Waals surface area contributed by atoms with E-state index in [0.29, 0.717) is 15.6 Å². The van der Waals surface area contributed by atoms with Crippen LogP contribution in [0.4, 0.5) is 5.69 Å². The van der Waals surface area contributed by atoms with Crippen LogP contribution in [0.15, 0.2) is 30.5 Å². The van der Waals surface area contributed by atoms with Crippen LogP contribution in [0.2, 0.25) is 5.02 Å². The number of thiazole rings is 1. The number of halogens is 1. The summed E-state index contributed by atoms with van der Waals surface area (Å²) in [6.45, 7) is 1.36. The minimum absolute atomic E-state index is 0.389. The van der Waals surface area contributed by atoms with Gasteiger partial charge in [-0.2, -0.15) is 0 Å². The average molecular weight is 311 g/mol. The van der Waals surface area contributed by atoms with Gasteiger partial charge in [0.2, 0.25) is 0 Å². The number of hydrogen-bond acceptors (Lipinski definition) is 4. The average Bonchev–Trinajstić information content (AvgIpc) is 2.83. The zero-order valence-electron chi connectivity index (χ0n) is 10.5. The van der Waals surface area contributed by atoms with Crippen LogP contribution < -0.4 is 4.90 Å². The molecule has 1 aromatic carbocycles. The first kappa shape index (κ1) is 14.5. The number of aromatic nitrogens is 1. The molecule has 104 valence electrons. The number of carbonyl (C=O) groups is 2. The van der Waals surface area contributed by atoms with Crippen LogP contribution >= 0.6 is 22.9 Å². The van der Waals surface area contributed by atoms with Crippen LogP contribution in [-0.4, -0.2) is 28.5 Å². The molecule has 20 heavy (non-hydrogen) atoms. The van der Waals surface area contributed by atoms with Gasteiger partial charge in [0.05, 0.1) is 11.2 Å². The van der Waals surface area contributed by atoms with E-state index < -0.39 is 12.5 Å². The van der Waals surface area contributed by atoms with Gasteiger partial charge in [-0.25, -0.2) is 4.98 Å². The molecule has 0 radical (unpaired) electrons. The molecular formula is C13H11ClN2O3S. The molecule has 2 rings (SSSR count). The number of amides is 1. The molecule has 1 amide bonds. The van der Waals surface area contributed by atoms with Crippen molar-refractivity contribution in [2.45, 2.75) is 6.92 Å². The van der Waals surface area contributed by atoms with Crippen LogP contribution in [0.3, 0.4) is 0 Å². The highest BCUT2D eigenvalue weighted by Gasteiger charge is 2.22. The highest BCUT2D eigenvalue weighted by Crippen LogP contribution is 2.22. The third-order valence-corrected chi connectivity index (χ3v) is 3.66. The third kappa shape index (κ3) is 3.34.